The number of ether oxygens (including phenoxy) is 2. The Bertz CT molecular complexity index is 561. The summed E-state index contributed by atoms with van der Waals surface area (Å²) in [7, 11) is 1.68. The Morgan fingerprint density at radius 2 is 2.00 bits per heavy atom. The second-order valence-electron chi connectivity index (χ2n) is 7.30. The Labute approximate surface area is 144 Å². The number of nitrogens with one attached hydrogen (secondary N) is 1. The Hall–Kier alpha value is -1.82. The molecule has 134 valence electrons. The van der Waals surface area contributed by atoms with Gasteiger partial charge in [-0.05, 0) is 52.7 Å². The quantitative estimate of drug-likeness (QED) is 0.916. The summed E-state index contributed by atoms with van der Waals surface area (Å²) < 4.78 is 10.5. The van der Waals surface area contributed by atoms with Crippen molar-refractivity contribution >= 4 is 11.8 Å². The van der Waals surface area contributed by atoms with E-state index in [9.17, 15) is 4.79 Å². The first-order valence-electron chi connectivity index (χ1n) is 8.48. The van der Waals surface area contributed by atoms with Crippen LogP contribution in [0.3, 0.4) is 0 Å². The number of piperidine rings is 1. The van der Waals surface area contributed by atoms with Crippen molar-refractivity contribution in [3.05, 3.63) is 23.5 Å². The molecule has 1 saturated heterocycles. The van der Waals surface area contributed by atoms with Gasteiger partial charge in [0.25, 0.3) is 0 Å². The van der Waals surface area contributed by atoms with E-state index in [-0.39, 0.29) is 12.1 Å². The van der Waals surface area contributed by atoms with E-state index >= 15 is 0 Å². The maximum Gasteiger partial charge on any atom is 0.407 e. The van der Waals surface area contributed by atoms with Crippen molar-refractivity contribution in [2.45, 2.75) is 58.8 Å². The van der Waals surface area contributed by atoms with Crippen molar-refractivity contribution < 1.29 is 14.3 Å². The molecule has 1 aromatic rings. The van der Waals surface area contributed by atoms with Crippen LogP contribution >= 0.6 is 0 Å². The van der Waals surface area contributed by atoms with Crippen molar-refractivity contribution in [2.24, 2.45) is 0 Å². The van der Waals surface area contributed by atoms with Gasteiger partial charge in [0.05, 0.1) is 12.3 Å². The van der Waals surface area contributed by atoms with E-state index in [0.29, 0.717) is 6.61 Å². The Morgan fingerprint density at radius 3 is 2.58 bits per heavy atom. The van der Waals surface area contributed by atoms with Crippen LogP contribution in [0.2, 0.25) is 0 Å². The number of methoxy groups -OCH3 is 1. The average Bonchev–Trinajstić information content (AvgIpc) is 2.45. The Kier molecular flexibility index (Phi) is 6.04. The molecular formula is C18H29N3O3. The van der Waals surface area contributed by atoms with Gasteiger partial charge in [0.2, 0.25) is 0 Å². The molecule has 0 radical (unpaired) electrons. The highest BCUT2D eigenvalue weighted by Crippen LogP contribution is 2.22. The van der Waals surface area contributed by atoms with Gasteiger partial charge in [0.15, 0.2) is 0 Å². The summed E-state index contributed by atoms with van der Waals surface area (Å²) in [5.41, 5.74) is 2.65. The number of carbonyl (C=O) groups is 1. The number of rotatable bonds is 4. The fourth-order valence-electron chi connectivity index (χ4n) is 2.88. The summed E-state index contributed by atoms with van der Waals surface area (Å²) in [6, 6.07) is 4.34. The fraction of sp³-hybridized carbons (Fsp3) is 0.667. The topological polar surface area (TPSA) is 63.7 Å². The van der Waals surface area contributed by atoms with Crippen molar-refractivity contribution in [1.29, 1.82) is 0 Å². The van der Waals surface area contributed by atoms with Crippen LogP contribution in [0.1, 0.15) is 45.0 Å². The zero-order valence-corrected chi connectivity index (χ0v) is 15.4. The predicted molar refractivity (Wildman–Crippen MR) is 94.3 cm³/mol. The van der Waals surface area contributed by atoms with Gasteiger partial charge in [0.1, 0.15) is 5.60 Å². The lowest BCUT2D eigenvalue weighted by molar-refractivity contribution is 0.0497. The first-order valence-corrected chi connectivity index (χ1v) is 8.48. The molecular weight excluding hydrogens is 306 g/mol. The van der Waals surface area contributed by atoms with Crippen LogP contribution in [0.25, 0.3) is 0 Å². The first-order chi connectivity index (χ1) is 11.3. The van der Waals surface area contributed by atoms with Crippen molar-refractivity contribution in [3.63, 3.8) is 0 Å². The summed E-state index contributed by atoms with van der Waals surface area (Å²) >= 11 is 0. The molecule has 1 aliphatic heterocycles. The largest absolute Gasteiger partial charge is 0.444 e. The molecule has 0 unspecified atom stereocenters. The van der Waals surface area contributed by atoms with Crippen LogP contribution in [0.5, 0.6) is 0 Å². The number of aryl methyl sites for hydroxylation is 1. The van der Waals surface area contributed by atoms with Gasteiger partial charge in [-0.2, -0.15) is 0 Å². The number of amides is 1. The molecule has 2 rings (SSSR count). The van der Waals surface area contributed by atoms with Crippen molar-refractivity contribution in [2.75, 3.05) is 25.1 Å². The Morgan fingerprint density at radius 1 is 1.33 bits per heavy atom. The Balaban J connectivity index is 1.90. The molecule has 6 heteroatoms. The smallest absolute Gasteiger partial charge is 0.407 e. The van der Waals surface area contributed by atoms with E-state index in [1.165, 1.54) is 5.69 Å². The lowest BCUT2D eigenvalue weighted by Gasteiger charge is -2.34. The van der Waals surface area contributed by atoms with E-state index in [0.717, 1.165) is 37.3 Å². The number of anilines is 1. The molecule has 0 atom stereocenters. The molecule has 1 aliphatic rings. The SMILES string of the molecule is COCc1cc(N2CCC(NC(=O)OC(C)(C)C)CC2)cc(C)n1. The normalized spacial score (nSPS) is 16.1. The highest BCUT2D eigenvalue weighted by molar-refractivity contribution is 5.68. The van der Waals surface area contributed by atoms with E-state index < -0.39 is 5.60 Å². The van der Waals surface area contributed by atoms with Crippen LogP contribution in [0, 0.1) is 6.92 Å². The van der Waals surface area contributed by atoms with Crippen LogP contribution < -0.4 is 10.2 Å². The van der Waals surface area contributed by atoms with E-state index in [1.54, 1.807) is 7.11 Å². The first kappa shape index (κ1) is 18.5. The second-order valence-corrected chi connectivity index (χ2v) is 7.30. The van der Waals surface area contributed by atoms with E-state index in [1.807, 2.05) is 27.7 Å². The number of nitrogens with zero attached hydrogens (tertiary/aromatic N) is 2. The van der Waals surface area contributed by atoms with Gasteiger partial charge >= 0.3 is 6.09 Å². The molecule has 0 aromatic carbocycles. The van der Waals surface area contributed by atoms with Crippen molar-refractivity contribution in [1.82, 2.24) is 10.3 Å². The minimum absolute atomic E-state index is 0.164. The highest BCUT2D eigenvalue weighted by atomic mass is 16.6. The molecule has 0 spiro atoms. The third kappa shape index (κ3) is 5.67. The molecule has 6 nitrogen and oxygen atoms in total. The summed E-state index contributed by atoms with van der Waals surface area (Å²) in [6.07, 6.45) is 1.48. The van der Waals surface area contributed by atoms with Crippen LogP contribution in [0.15, 0.2) is 12.1 Å². The predicted octanol–water partition coefficient (Wildman–Crippen LogP) is 3.03. The van der Waals surface area contributed by atoms with Gasteiger partial charge in [0, 0.05) is 37.6 Å². The van der Waals surface area contributed by atoms with E-state index in [2.05, 4.69) is 27.3 Å². The van der Waals surface area contributed by atoms with E-state index in [4.69, 9.17) is 9.47 Å². The number of carbonyl (C=O) groups excluding carboxylic acids is 1. The van der Waals surface area contributed by atoms with Gasteiger partial charge in [-0.3, -0.25) is 4.98 Å². The van der Waals surface area contributed by atoms with Crippen molar-refractivity contribution in [3.8, 4) is 0 Å². The van der Waals surface area contributed by atoms with Crippen LogP contribution in [0.4, 0.5) is 10.5 Å². The van der Waals surface area contributed by atoms with Gasteiger partial charge in [-0.25, -0.2) is 4.79 Å². The van der Waals surface area contributed by atoms with Gasteiger partial charge in [-0.15, -0.1) is 0 Å². The number of aromatic nitrogens is 1. The minimum atomic E-state index is -0.461. The van der Waals surface area contributed by atoms with Crippen LogP contribution in [-0.2, 0) is 16.1 Å². The molecule has 2 heterocycles. The summed E-state index contributed by atoms with van der Waals surface area (Å²) in [4.78, 5) is 18.7. The summed E-state index contributed by atoms with van der Waals surface area (Å²) in [5.74, 6) is 0. The lowest BCUT2D eigenvalue weighted by atomic mass is 10.0. The zero-order chi connectivity index (χ0) is 17.7. The maximum atomic E-state index is 11.9. The molecule has 1 amide bonds. The standard InChI is InChI=1S/C18H29N3O3/c1-13-10-16(11-15(19-13)12-23-5)21-8-6-14(7-9-21)20-17(22)24-18(2,3)4/h10-11,14H,6-9,12H2,1-5H3,(H,20,22). The third-order valence-electron chi connectivity index (χ3n) is 3.86. The number of hydrogen-bond acceptors (Lipinski definition) is 5. The number of alkyl carbamates (subject to hydrolysis) is 1. The molecule has 1 fully saturated rings. The molecule has 0 saturated carbocycles. The summed E-state index contributed by atoms with van der Waals surface area (Å²) in [5, 5.41) is 2.97. The fourth-order valence-corrected chi connectivity index (χ4v) is 2.88. The zero-order valence-electron chi connectivity index (χ0n) is 15.4. The summed E-state index contributed by atoms with van der Waals surface area (Å²) in [6.45, 7) is 9.94. The third-order valence-corrected chi connectivity index (χ3v) is 3.86. The lowest BCUT2D eigenvalue weighted by Crippen LogP contribution is -2.46. The maximum absolute atomic E-state index is 11.9. The highest BCUT2D eigenvalue weighted by Gasteiger charge is 2.24. The molecule has 24 heavy (non-hydrogen) atoms. The number of hydrogen-bond donors (Lipinski definition) is 1. The molecule has 0 aliphatic carbocycles. The average molecular weight is 335 g/mol. The molecule has 0 bridgehead atoms. The minimum Gasteiger partial charge on any atom is -0.444 e. The van der Waals surface area contributed by atoms with Gasteiger partial charge in [-0.1, -0.05) is 0 Å². The van der Waals surface area contributed by atoms with Crippen LogP contribution in [-0.4, -0.2) is 42.9 Å². The second kappa shape index (κ2) is 7.83. The molecule has 1 N–H and O–H groups in total. The van der Waals surface area contributed by atoms with Gasteiger partial charge < -0.3 is 19.7 Å². The monoisotopic (exact) mass is 335 g/mol. The molecule has 1 aromatic heterocycles. The number of pyridine rings is 1.